The minimum absolute atomic E-state index is 0.0370. The van der Waals surface area contributed by atoms with Crippen LogP contribution < -0.4 is 10.6 Å². The van der Waals surface area contributed by atoms with Crippen LogP contribution in [0.1, 0.15) is 46.5 Å². The van der Waals surface area contributed by atoms with Crippen molar-refractivity contribution >= 4 is 23.8 Å². The number of thioether (sulfide) groups is 1. The summed E-state index contributed by atoms with van der Waals surface area (Å²) in [5.41, 5.74) is 0. The molecule has 0 aromatic rings. The monoisotopic (exact) mass is 362 g/mol. The van der Waals surface area contributed by atoms with Crippen molar-refractivity contribution < 1.29 is 24.2 Å². The molecule has 8 heteroatoms. The van der Waals surface area contributed by atoms with Crippen LogP contribution in [-0.2, 0) is 14.3 Å². The van der Waals surface area contributed by atoms with Gasteiger partial charge >= 0.3 is 12.0 Å². The fraction of sp³-hybridized carbons (Fsp3) is 0.875. The first-order chi connectivity index (χ1) is 11.5. The van der Waals surface area contributed by atoms with Crippen molar-refractivity contribution in [3.63, 3.8) is 0 Å². The number of urea groups is 1. The van der Waals surface area contributed by atoms with Crippen molar-refractivity contribution in [1.82, 2.24) is 10.6 Å². The quantitative estimate of drug-likeness (QED) is 0.330. The zero-order chi connectivity index (χ0) is 17.9. The zero-order valence-electron chi connectivity index (χ0n) is 14.7. The van der Waals surface area contributed by atoms with Gasteiger partial charge in [-0.05, 0) is 33.6 Å². The van der Waals surface area contributed by atoms with Crippen LogP contribution in [-0.4, -0.2) is 59.7 Å². The minimum atomic E-state index is -0.729. The van der Waals surface area contributed by atoms with Gasteiger partial charge in [-0.25, -0.2) is 4.79 Å². The Hall–Kier alpha value is -0.990. The van der Waals surface area contributed by atoms with Gasteiger partial charge in [0, 0.05) is 30.6 Å². The Bertz CT molecular complexity index is 391. The Morgan fingerprint density at radius 2 is 1.96 bits per heavy atom. The van der Waals surface area contributed by atoms with E-state index in [1.54, 1.807) is 0 Å². The summed E-state index contributed by atoms with van der Waals surface area (Å²) < 4.78 is 10.1. The summed E-state index contributed by atoms with van der Waals surface area (Å²) in [6, 6.07) is 0.440. The highest BCUT2D eigenvalue weighted by molar-refractivity contribution is 8.00. The molecule has 2 saturated heterocycles. The van der Waals surface area contributed by atoms with Gasteiger partial charge in [-0.3, -0.25) is 4.79 Å². The van der Waals surface area contributed by atoms with Crippen molar-refractivity contribution in [1.29, 1.82) is 0 Å². The molecule has 2 amide bonds. The molecule has 7 nitrogen and oxygen atoms in total. The summed E-state index contributed by atoms with van der Waals surface area (Å²) in [5.74, 6) is 0.236. The number of carbonyl (C=O) groups is 2. The van der Waals surface area contributed by atoms with Gasteiger partial charge < -0.3 is 25.2 Å². The van der Waals surface area contributed by atoms with E-state index in [1.165, 1.54) is 0 Å². The maximum atomic E-state index is 11.1. The maximum Gasteiger partial charge on any atom is 0.315 e. The van der Waals surface area contributed by atoms with E-state index in [0.717, 1.165) is 38.2 Å². The smallest absolute Gasteiger partial charge is 0.315 e. The Balaban J connectivity index is 0.000000307. The molecule has 24 heavy (non-hydrogen) atoms. The second-order valence-corrected chi connectivity index (χ2v) is 7.01. The molecule has 2 aliphatic rings. The van der Waals surface area contributed by atoms with E-state index >= 15 is 0 Å². The maximum absolute atomic E-state index is 11.1. The molecule has 2 rings (SSSR count). The molecule has 0 aliphatic carbocycles. The topological polar surface area (TPSA) is 96.9 Å². The SMILES string of the molecule is CCOC(C)OCC.O=C(O)CCCC[C@@H]1SC[C@@H]2NC(=O)N[C@@H]21. The molecule has 3 atom stereocenters. The number of amides is 2. The second kappa shape index (κ2) is 11.5. The lowest BCUT2D eigenvalue weighted by molar-refractivity contribution is -0.137. The highest BCUT2D eigenvalue weighted by Crippen LogP contribution is 2.33. The third-order valence-corrected chi connectivity index (χ3v) is 5.38. The van der Waals surface area contributed by atoms with Crippen LogP contribution >= 0.6 is 11.8 Å². The second-order valence-electron chi connectivity index (χ2n) is 5.74. The molecule has 0 spiro atoms. The van der Waals surface area contributed by atoms with Crippen LogP contribution in [0, 0.1) is 0 Å². The van der Waals surface area contributed by atoms with Crippen LogP contribution in [0.3, 0.4) is 0 Å². The van der Waals surface area contributed by atoms with Crippen molar-refractivity contribution in [2.75, 3.05) is 19.0 Å². The third-order valence-electron chi connectivity index (χ3n) is 3.87. The van der Waals surface area contributed by atoms with Gasteiger partial charge in [-0.2, -0.15) is 11.8 Å². The molecule has 0 aromatic carbocycles. The van der Waals surface area contributed by atoms with Crippen LogP contribution in [0.4, 0.5) is 4.79 Å². The van der Waals surface area contributed by atoms with E-state index < -0.39 is 5.97 Å². The number of hydrogen-bond acceptors (Lipinski definition) is 5. The summed E-state index contributed by atoms with van der Waals surface area (Å²) in [5, 5.41) is 14.8. The molecular weight excluding hydrogens is 332 g/mol. The molecule has 140 valence electrons. The number of fused-ring (bicyclic) bond motifs is 1. The third kappa shape index (κ3) is 7.72. The predicted molar refractivity (Wildman–Crippen MR) is 94.3 cm³/mol. The molecule has 0 radical (unpaired) electrons. The number of hydrogen-bond donors (Lipinski definition) is 3. The first kappa shape index (κ1) is 21.1. The predicted octanol–water partition coefficient (Wildman–Crippen LogP) is 2.20. The van der Waals surface area contributed by atoms with E-state index in [4.69, 9.17) is 14.6 Å². The van der Waals surface area contributed by atoms with Gasteiger partial charge in [0.1, 0.15) is 0 Å². The number of rotatable bonds is 9. The van der Waals surface area contributed by atoms with Gasteiger partial charge in [-0.15, -0.1) is 0 Å². The van der Waals surface area contributed by atoms with E-state index in [0.29, 0.717) is 5.25 Å². The minimum Gasteiger partial charge on any atom is -0.481 e. The van der Waals surface area contributed by atoms with Crippen LogP contribution in [0.5, 0.6) is 0 Å². The zero-order valence-corrected chi connectivity index (χ0v) is 15.6. The first-order valence-electron chi connectivity index (χ1n) is 8.61. The summed E-state index contributed by atoms with van der Waals surface area (Å²) >= 11 is 1.87. The van der Waals surface area contributed by atoms with Crippen molar-refractivity contribution in [3.8, 4) is 0 Å². The summed E-state index contributed by atoms with van der Waals surface area (Å²) in [6.45, 7) is 7.25. The Morgan fingerprint density at radius 1 is 1.29 bits per heavy atom. The first-order valence-corrected chi connectivity index (χ1v) is 9.66. The fourth-order valence-electron chi connectivity index (χ4n) is 2.78. The van der Waals surface area contributed by atoms with Crippen molar-refractivity contribution in [2.24, 2.45) is 0 Å². The van der Waals surface area contributed by atoms with Gasteiger partial charge in [0.25, 0.3) is 0 Å². The molecule has 2 heterocycles. The number of carbonyl (C=O) groups excluding carboxylic acids is 1. The van der Waals surface area contributed by atoms with Gasteiger partial charge in [0.2, 0.25) is 0 Å². The standard InChI is InChI=1S/C10H16N2O3S.C6H14O2/c13-8(14)4-2-1-3-7-9-6(5-16-7)11-10(15)12-9;1-4-7-6(3)8-5-2/h6-7,9H,1-5H2,(H,13,14)(H2,11,12,15);6H,4-5H2,1-3H3/t6-,7-,9-;/m0./s1. The lowest BCUT2D eigenvalue weighted by atomic mass is 10.0. The normalized spacial score (nSPS) is 24.8. The summed E-state index contributed by atoms with van der Waals surface area (Å²) in [7, 11) is 0. The van der Waals surface area contributed by atoms with E-state index in [9.17, 15) is 9.59 Å². The van der Waals surface area contributed by atoms with Crippen LogP contribution in [0.25, 0.3) is 0 Å². The summed E-state index contributed by atoms with van der Waals surface area (Å²) in [6.07, 6.45) is 2.84. The number of nitrogens with one attached hydrogen (secondary N) is 2. The number of carboxylic acids is 1. The van der Waals surface area contributed by atoms with E-state index in [-0.39, 0.29) is 30.8 Å². The van der Waals surface area contributed by atoms with Crippen LogP contribution in [0.15, 0.2) is 0 Å². The number of carboxylic acid groups (broad SMARTS) is 1. The molecule has 0 saturated carbocycles. The Labute approximate surface area is 148 Å². The molecule has 0 unspecified atom stereocenters. The molecule has 2 fully saturated rings. The van der Waals surface area contributed by atoms with Gasteiger partial charge in [0.15, 0.2) is 6.29 Å². The van der Waals surface area contributed by atoms with E-state index in [2.05, 4.69) is 10.6 Å². The Kier molecular flexibility index (Phi) is 10.1. The van der Waals surface area contributed by atoms with E-state index in [1.807, 2.05) is 32.5 Å². The number of aliphatic carboxylic acids is 1. The average Bonchev–Trinajstić information content (AvgIpc) is 3.04. The number of unbranched alkanes of at least 4 members (excludes halogenated alkanes) is 1. The average molecular weight is 362 g/mol. The summed E-state index contributed by atoms with van der Waals surface area (Å²) in [4.78, 5) is 21.5. The fourth-order valence-corrected chi connectivity index (χ4v) is 4.33. The van der Waals surface area contributed by atoms with Gasteiger partial charge in [0.05, 0.1) is 12.1 Å². The lowest BCUT2D eigenvalue weighted by Crippen LogP contribution is -2.36. The molecule has 2 aliphatic heterocycles. The van der Waals surface area contributed by atoms with Crippen molar-refractivity contribution in [3.05, 3.63) is 0 Å². The Morgan fingerprint density at radius 3 is 2.54 bits per heavy atom. The molecular formula is C16H30N2O5S. The van der Waals surface area contributed by atoms with Crippen LogP contribution in [0.2, 0.25) is 0 Å². The molecule has 0 aromatic heterocycles. The van der Waals surface area contributed by atoms with Crippen molar-refractivity contribution in [2.45, 2.75) is 70.1 Å². The largest absolute Gasteiger partial charge is 0.481 e. The lowest BCUT2D eigenvalue weighted by Gasteiger charge is -2.16. The molecule has 3 N–H and O–H groups in total. The highest BCUT2D eigenvalue weighted by atomic mass is 32.2. The molecule has 0 bridgehead atoms. The number of ether oxygens (including phenoxy) is 2. The highest BCUT2D eigenvalue weighted by Gasteiger charge is 2.42. The van der Waals surface area contributed by atoms with Gasteiger partial charge in [-0.1, -0.05) is 6.42 Å².